The van der Waals surface area contributed by atoms with Crippen LogP contribution in [-0.2, 0) is 23.4 Å². The van der Waals surface area contributed by atoms with Crippen molar-refractivity contribution >= 4 is 153 Å². The minimum Gasteiger partial charge on any atom is -0.368 e. The summed E-state index contributed by atoms with van der Waals surface area (Å²) >= 11 is 6.08. The Bertz CT molecular complexity index is 4560. The minimum atomic E-state index is -1.67. The highest BCUT2D eigenvalue weighted by Crippen LogP contribution is 2.51. The van der Waals surface area contributed by atoms with E-state index in [0.29, 0.717) is 69.8 Å². The molecule has 19 heteroatoms. The monoisotopic (exact) mass is 1430 g/mol. The van der Waals surface area contributed by atoms with Gasteiger partial charge in [-0.25, -0.2) is 4.21 Å². The maximum atomic E-state index is 13.8. The van der Waals surface area contributed by atoms with E-state index in [0.717, 1.165) is 129 Å². The Kier molecular flexibility index (Phi) is 25.1. The number of halogens is 3. The molecular formula is C80H107Cl3N6O9S. The summed E-state index contributed by atoms with van der Waals surface area (Å²) in [5, 5.41) is 16.7. The first-order valence-electron chi connectivity index (χ1n) is 33.7. The number of nitrogens with zero attached hydrogens (tertiary/aromatic N) is 3. The van der Waals surface area contributed by atoms with Gasteiger partial charge >= 0.3 is 0 Å². The average Bonchev–Trinajstić information content (AvgIpc) is 1.53. The molecule has 11 unspecified atom stereocenters. The van der Waals surface area contributed by atoms with Crippen LogP contribution in [0.3, 0.4) is 0 Å². The van der Waals surface area contributed by atoms with Crippen LogP contribution >= 0.6 is 33.0 Å². The third-order valence-electron chi connectivity index (χ3n) is 22.5. The van der Waals surface area contributed by atoms with Gasteiger partial charge in [-0.05, 0) is 135 Å². The molecule has 3 fully saturated rings. The number of hydrogen-bond donors (Lipinski definition) is 4. The summed E-state index contributed by atoms with van der Waals surface area (Å²) in [6.07, 6.45) is 2.99. The van der Waals surface area contributed by atoms with Crippen LogP contribution in [0.2, 0.25) is 0 Å². The molecular weight excluding hydrogens is 1330 g/mol. The maximum absolute atomic E-state index is 13.8. The number of rotatable bonds is 4. The number of ether oxygens (including phenoxy) is 3. The Morgan fingerprint density at radius 1 is 0.444 bits per heavy atom. The number of aromatic amines is 3. The number of carbonyl (C=O) groups excluding carboxylic acids is 4. The van der Waals surface area contributed by atoms with E-state index < -0.39 is 15.5 Å². The molecule has 4 amide bonds. The summed E-state index contributed by atoms with van der Waals surface area (Å²) in [5.74, 6) is 3.35. The van der Waals surface area contributed by atoms with Gasteiger partial charge in [-0.2, -0.15) is 0 Å². The number of nitrogens with one attached hydrogen (secondary N) is 3. The first-order valence-corrected chi connectivity index (χ1v) is 36.9. The molecule has 4 aromatic heterocycles. The van der Waals surface area contributed by atoms with Crippen LogP contribution in [0, 0.1) is 81.0 Å². The molecule has 9 heterocycles. The van der Waals surface area contributed by atoms with Crippen molar-refractivity contribution in [2.24, 2.45) is 53.3 Å². The number of aryl methyl sites for hydroxylation is 4. The summed E-state index contributed by atoms with van der Waals surface area (Å²) < 4.78 is 29.6. The molecule has 10 aromatic rings. The largest absolute Gasteiger partial charge is 0.368 e. The van der Waals surface area contributed by atoms with E-state index in [2.05, 4.69) is 186 Å². The van der Waals surface area contributed by atoms with Crippen molar-refractivity contribution in [2.75, 3.05) is 14.1 Å². The second kappa shape index (κ2) is 31.1. The molecule has 6 aromatic carbocycles. The Balaban J connectivity index is 0.000000200. The Morgan fingerprint density at radius 2 is 0.768 bits per heavy atom. The van der Waals surface area contributed by atoms with Crippen molar-refractivity contribution in [3.63, 3.8) is 0 Å². The summed E-state index contributed by atoms with van der Waals surface area (Å²) in [5.41, 5.74) is 14.0. The molecule has 5 aliphatic heterocycles. The van der Waals surface area contributed by atoms with E-state index in [1.54, 1.807) is 14.1 Å². The highest BCUT2D eigenvalue weighted by molar-refractivity contribution is 8.26. The number of H-pyrrole nitrogens is 3. The Morgan fingerprint density at radius 3 is 1.17 bits per heavy atom. The van der Waals surface area contributed by atoms with E-state index in [4.69, 9.17) is 30.0 Å². The molecule has 538 valence electrons. The second-order valence-electron chi connectivity index (χ2n) is 28.0. The SMILES string of the molecule is C.C.C.C.CCC1OC(Cl)C(C)[C@@H](C)[C@@H]1C.CCC1OC(O)C(C)[C@@H](C)[C@@H]1C.CCC1OC(n2c3cc(C)ccc3c3c4c(c5c6ccc(C)cc6[nH]c5c32)C(=O)N(C)C4=O)C(C)C(C)C1C.Cc1ccc2c(c1)[nH]c1c3[nH]c4cc(C)ccc4c3c3c(c21)C(=O)N(C)C3=O.O=S(Cl)Cl. The van der Waals surface area contributed by atoms with Crippen molar-refractivity contribution in [3.8, 4) is 0 Å². The van der Waals surface area contributed by atoms with Crippen LogP contribution in [0.1, 0.15) is 202 Å². The lowest BCUT2D eigenvalue weighted by molar-refractivity contribution is -0.224. The van der Waals surface area contributed by atoms with E-state index in [-0.39, 0.29) is 89.2 Å². The van der Waals surface area contributed by atoms with Gasteiger partial charge in [0.25, 0.3) is 23.6 Å². The van der Waals surface area contributed by atoms with Gasteiger partial charge < -0.3 is 38.8 Å². The van der Waals surface area contributed by atoms with Gasteiger partial charge in [-0.3, -0.25) is 29.0 Å². The van der Waals surface area contributed by atoms with Crippen LogP contribution in [0.4, 0.5) is 0 Å². The van der Waals surface area contributed by atoms with E-state index in [1.807, 2.05) is 38.1 Å². The highest BCUT2D eigenvalue weighted by atomic mass is 36.0. The van der Waals surface area contributed by atoms with Gasteiger partial charge in [0.05, 0.1) is 68.1 Å². The lowest BCUT2D eigenvalue weighted by Crippen LogP contribution is -2.44. The summed E-state index contributed by atoms with van der Waals surface area (Å²) in [4.78, 5) is 66.8. The third kappa shape index (κ3) is 13.7. The van der Waals surface area contributed by atoms with Crippen molar-refractivity contribution in [3.05, 3.63) is 117 Å². The molecule has 99 heavy (non-hydrogen) atoms. The topological polar surface area (TPSA) is 192 Å². The molecule has 15 nitrogen and oxygen atoms in total. The smallest absolute Gasteiger partial charge is 0.262 e. The lowest BCUT2D eigenvalue weighted by atomic mass is 9.77. The fourth-order valence-electron chi connectivity index (χ4n) is 15.8. The molecule has 0 bridgehead atoms. The third-order valence-corrected chi connectivity index (χ3v) is 23.0. The van der Waals surface area contributed by atoms with Crippen LogP contribution < -0.4 is 0 Å². The van der Waals surface area contributed by atoms with Crippen LogP contribution in [0.15, 0.2) is 72.8 Å². The van der Waals surface area contributed by atoms with Gasteiger partial charge in [0.1, 0.15) is 11.8 Å². The fraction of sp³-hybridized carbons (Fsp3) is 0.500. The molecule has 15 rings (SSSR count). The number of imide groups is 2. The number of fused-ring (bicyclic) bond motifs is 20. The van der Waals surface area contributed by atoms with Crippen molar-refractivity contribution in [1.82, 2.24) is 29.3 Å². The minimum absolute atomic E-state index is 0. The average molecular weight is 1440 g/mol. The van der Waals surface area contributed by atoms with Crippen molar-refractivity contribution < 1.29 is 42.7 Å². The van der Waals surface area contributed by atoms with E-state index in [1.165, 1.54) is 9.80 Å². The Hall–Kier alpha value is -6.34. The van der Waals surface area contributed by atoms with Crippen LogP contribution in [0.25, 0.3) is 87.2 Å². The summed E-state index contributed by atoms with van der Waals surface area (Å²) in [6, 6.07) is 24.9. The zero-order chi connectivity index (χ0) is 69.0. The number of aromatic nitrogens is 4. The fourth-order valence-corrected chi connectivity index (χ4v) is 16.2. The van der Waals surface area contributed by atoms with Gasteiger partial charge in [0, 0.05) is 107 Å². The standard InChI is InChI=1S/C33H35N3O3.C23H17N3O2.C10H19ClO.C10H20O2.4CH4.Cl2OS/c1-8-24-18(5)17(4)19(6)33(39-24)36-23-14-16(3)10-12-21(23)26-28-27(31(37)35(7)32(28)38)25-20-11-9-15(2)13-22(20)34-29(25)30(26)36;1-10-4-6-12-14(8-10)24-20-16(12)18-19(23(28)26(3)22(18)27)17-13-7-5-11(2)9-15(13)25-21(17)20;2*1-5-9-7(3)6(2)8(4)10(11)12-9;;;;;1-4(2)3/h9-14,17-19,24,33-34H,8H2,1-7H3;4-9,24-25H,1-3H3;6-10H,5H2,1-4H3;6-11H,5H2,1-4H3;4*1H4;/t;;2*6-,7-,8?,9?,10?;;;;;/m..00...../s1. The first kappa shape index (κ1) is 80.0. The van der Waals surface area contributed by atoms with Gasteiger partial charge in [-0.15, -0.1) is 0 Å². The molecule has 0 spiro atoms. The number of aliphatic hydroxyl groups excluding tert-OH is 1. The predicted molar refractivity (Wildman–Crippen MR) is 415 cm³/mol. The summed E-state index contributed by atoms with van der Waals surface area (Å²) in [7, 11) is 10.5. The van der Waals surface area contributed by atoms with Gasteiger partial charge in [0.2, 0.25) is 9.23 Å². The number of carbonyl (C=O) groups is 4. The van der Waals surface area contributed by atoms with E-state index >= 15 is 0 Å². The highest BCUT2D eigenvalue weighted by Gasteiger charge is 2.45. The van der Waals surface area contributed by atoms with Crippen LogP contribution in [0.5, 0.6) is 0 Å². The maximum Gasteiger partial charge on any atom is 0.262 e. The zero-order valence-corrected chi connectivity index (χ0v) is 60.9. The summed E-state index contributed by atoms with van der Waals surface area (Å²) in [6.45, 7) is 34.8. The van der Waals surface area contributed by atoms with E-state index in [9.17, 15) is 24.3 Å². The van der Waals surface area contributed by atoms with Gasteiger partial charge in [-0.1, -0.05) is 173 Å². The number of aliphatic hydroxyl groups is 1. The quantitative estimate of drug-likeness (QED) is 0.0754. The molecule has 0 radical (unpaired) electrons. The van der Waals surface area contributed by atoms with Crippen molar-refractivity contribution in [2.45, 2.75) is 196 Å². The molecule has 15 atom stereocenters. The van der Waals surface area contributed by atoms with Gasteiger partial charge in [0.15, 0.2) is 6.29 Å². The molecule has 0 saturated carbocycles. The van der Waals surface area contributed by atoms with Crippen molar-refractivity contribution in [1.29, 1.82) is 0 Å². The molecule has 3 saturated heterocycles. The number of benzene rings is 6. The predicted octanol–water partition coefficient (Wildman–Crippen LogP) is 21.2. The zero-order valence-electron chi connectivity index (χ0n) is 57.8. The number of alkyl halides is 1. The lowest BCUT2D eigenvalue weighted by Gasteiger charge is -2.44. The molecule has 4 N–H and O–H groups in total. The van der Waals surface area contributed by atoms with Crippen LogP contribution in [-0.4, -0.2) is 107 Å². The molecule has 0 aliphatic carbocycles. The molecule has 5 aliphatic rings. The number of amides is 4. The normalized spacial score (nSPS) is 26.4. The number of hydrogen-bond acceptors (Lipinski definition) is 9. The first-order chi connectivity index (χ1) is 45.0. The Labute approximate surface area is 602 Å². The second-order valence-corrected chi connectivity index (χ2v) is 31.0.